The van der Waals surface area contributed by atoms with Crippen LogP contribution in [0.25, 0.3) is 0 Å². The predicted molar refractivity (Wildman–Crippen MR) is 59.8 cm³/mol. The summed E-state index contributed by atoms with van der Waals surface area (Å²) < 4.78 is 10.7. The van der Waals surface area contributed by atoms with Crippen molar-refractivity contribution in [2.24, 2.45) is 5.10 Å². The largest absolute Gasteiger partial charge is 0.458 e. The summed E-state index contributed by atoms with van der Waals surface area (Å²) in [5, 5.41) is 5.77. The van der Waals surface area contributed by atoms with Crippen LogP contribution in [0, 0.1) is 0 Å². The van der Waals surface area contributed by atoms with Gasteiger partial charge in [0.05, 0.1) is 12.8 Å². The predicted octanol–water partition coefficient (Wildman–Crippen LogP) is 1.88. The quantitative estimate of drug-likeness (QED) is 0.310. The fraction of sp³-hybridized carbons (Fsp3) is 0.364. The molecule has 1 aromatic heterocycles. The standard InChI is InChI=1S/C11H16N2O2/c1-4-7-14-9-11-6-5-10(15-11)8-12-13(2)3/h4-6,8H,1,7,9H2,2-3H3/b12-8-. The van der Waals surface area contributed by atoms with E-state index in [0.717, 1.165) is 11.5 Å². The minimum Gasteiger partial charge on any atom is -0.458 e. The average Bonchev–Trinajstić information content (AvgIpc) is 2.63. The molecule has 0 saturated heterocycles. The molecular weight excluding hydrogens is 192 g/mol. The van der Waals surface area contributed by atoms with Crippen molar-refractivity contribution in [3.8, 4) is 0 Å². The van der Waals surface area contributed by atoms with Crippen molar-refractivity contribution >= 4 is 6.21 Å². The minimum absolute atomic E-state index is 0.460. The third-order valence-electron chi connectivity index (χ3n) is 1.58. The van der Waals surface area contributed by atoms with Crippen LogP contribution >= 0.6 is 0 Å². The van der Waals surface area contributed by atoms with Crippen molar-refractivity contribution in [1.82, 2.24) is 5.01 Å². The van der Waals surface area contributed by atoms with Gasteiger partial charge in [0.25, 0.3) is 0 Å². The third kappa shape index (κ3) is 4.46. The highest BCUT2D eigenvalue weighted by atomic mass is 16.5. The van der Waals surface area contributed by atoms with Gasteiger partial charge in [-0.1, -0.05) is 6.08 Å². The summed E-state index contributed by atoms with van der Waals surface area (Å²) in [6, 6.07) is 3.74. The lowest BCUT2D eigenvalue weighted by molar-refractivity contribution is 0.131. The number of nitrogens with zero attached hydrogens (tertiary/aromatic N) is 2. The van der Waals surface area contributed by atoms with Crippen LogP contribution in [0.1, 0.15) is 11.5 Å². The fourth-order valence-corrected chi connectivity index (χ4v) is 0.957. The average molecular weight is 208 g/mol. The zero-order chi connectivity index (χ0) is 11.1. The van der Waals surface area contributed by atoms with Gasteiger partial charge < -0.3 is 14.2 Å². The molecule has 0 bridgehead atoms. The van der Waals surface area contributed by atoms with Crippen molar-refractivity contribution in [2.45, 2.75) is 6.61 Å². The van der Waals surface area contributed by atoms with E-state index in [4.69, 9.17) is 9.15 Å². The molecule has 0 aliphatic carbocycles. The Hall–Kier alpha value is -1.55. The molecule has 0 saturated carbocycles. The first kappa shape index (κ1) is 11.5. The molecule has 0 aliphatic heterocycles. The molecule has 1 aromatic rings. The van der Waals surface area contributed by atoms with Crippen molar-refractivity contribution in [2.75, 3.05) is 20.7 Å². The molecule has 0 fully saturated rings. The van der Waals surface area contributed by atoms with E-state index in [1.807, 2.05) is 26.2 Å². The molecule has 0 N–H and O–H groups in total. The Kier molecular flexibility index (Phi) is 4.63. The smallest absolute Gasteiger partial charge is 0.147 e. The fourth-order valence-electron chi connectivity index (χ4n) is 0.957. The first-order valence-electron chi connectivity index (χ1n) is 4.71. The van der Waals surface area contributed by atoms with Crippen LogP contribution in [0.15, 0.2) is 34.3 Å². The van der Waals surface area contributed by atoms with Crippen molar-refractivity contribution in [1.29, 1.82) is 0 Å². The van der Waals surface area contributed by atoms with Crippen LogP contribution in [0.4, 0.5) is 0 Å². The Bertz CT molecular complexity index is 329. The van der Waals surface area contributed by atoms with Gasteiger partial charge in [-0.15, -0.1) is 6.58 Å². The molecule has 15 heavy (non-hydrogen) atoms. The van der Waals surface area contributed by atoms with Crippen LogP contribution in [-0.2, 0) is 11.3 Å². The normalized spacial score (nSPS) is 10.8. The number of hydrogen-bond acceptors (Lipinski definition) is 4. The second kappa shape index (κ2) is 6.03. The minimum atomic E-state index is 0.460. The molecule has 82 valence electrons. The van der Waals surface area contributed by atoms with Crippen LogP contribution in [0.3, 0.4) is 0 Å². The Morgan fingerprint density at radius 3 is 3.00 bits per heavy atom. The summed E-state index contributed by atoms with van der Waals surface area (Å²) in [5.41, 5.74) is 0. The topological polar surface area (TPSA) is 38.0 Å². The van der Waals surface area contributed by atoms with E-state index < -0.39 is 0 Å². The van der Waals surface area contributed by atoms with Crippen LogP contribution in [0.2, 0.25) is 0 Å². The molecule has 1 heterocycles. The van der Waals surface area contributed by atoms with E-state index in [-0.39, 0.29) is 0 Å². The first-order chi connectivity index (χ1) is 7.22. The molecule has 0 spiro atoms. The molecule has 1 rings (SSSR count). The SMILES string of the molecule is C=CCOCc1ccc(/C=N\N(C)C)o1. The lowest BCUT2D eigenvalue weighted by Crippen LogP contribution is -2.01. The van der Waals surface area contributed by atoms with E-state index in [1.54, 1.807) is 17.3 Å². The molecule has 4 heteroatoms. The summed E-state index contributed by atoms with van der Waals surface area (Å²) in [4.78, 5) is 0. The summed E-state index contributed by atoms with van der Waals surface area (Å²) in [5.74, 6) is 1.51. The van der Waals surface area contributed by atoms with Gasteiger partial charge in [-0.05, 0) is 12.1 Å². The van der Waals surface area contributed by atoms with Crippen LogP contribution < -0.4 is 0 Å². The number of ether oxygens (including phenoxy) is 1. The van der Waals surface area contributed by atoms with Gasteiger partial charge >= 0.3 is 0 Å². The highest BCUT2D eigenvalue weighted by Crippen LogP contribution is 2.07. The molecule has 0 aliphatic rings. The van der Waals surface area contributed by atoms with E-state index in [9.17, 15) is 0 Å². The molecule has 0 amide bonds. The van der Waals surface area contributed by atoms with Crippen LogP contribution in [-0.4, -0.2) is 31.9 Å². The third-order valence-corrected chi connectivity index (χ3v) is 1.58. The van der Waals surface area contributed by atoms with Gasteiger partial charge in [-0.3, -0.25) is 0 Å². The summed E-state index contributed by atoms with van der Waals surface area (Å²) in [7, 11) is 3.71. The van der Waals surface area contributed by atoms with Gasteiger partial charge in [0.2, 0.25) is 0 Å². The highest BCUT2D eigenvalue weighted by Gasteiger charge is 1.99. The molecule has 0 atom stereocenters. The number of furan rings is 1. The number of rotatable bonds is 6. The monoisotopic (exact) mass is 208 g/mol. The second-order valence-electron chi connectivity index (χ2n) is 3.20. The van der Waals surface area contributed by atoms with Gasteiger partial charge in [-0.2, -0.15) is 5.10 Å². The zero-order valence-electron chi connectivity index (χ0n) is 9.14. The van der Waals surface area contributed by atoms with Crippen LogP contribution in [0.5, 0.6) is 0 Å². The number of hydrogen-bond donors (Lipinski definition) is 0. The summed E-state index contributed by atoms with van der Waals surface area (Å²) >= 11 is 0. The Morgan fingerprint density at radius 2 is 2.33 bits per heavy atom. The van der Waals surface area contributed by atoms with Crippen molar-refractivity contribution in [3.63, 3.8) is 0 Å². The maximum absolute atomic E-state index is 5.45. The maximum Gasteiger partial charge on any atom is 0.147 e. The van der Waals surface area contributed by atoms with Gasteiger partial charge in [0.1, 0.15) is 18.1 Å². The van der Waals surface area contributed by atoms with Crippen molar-refractivity contribution < 1.29 is 9.15 Å². The van der Waals surface area contributed by atoms with E-state index in [0.29, 0.717) is 13.2 Å². The summed E-state index contributed by atoms with van der Waals surface area (Å²) in [6.45, 7) is 4.55. The maximum atomic E-state index is 5.45. The van der Waals surface area contributed by atoms with Crippen molar-refractivity contribution in [3.05, 3.63) is 36.3 Å². The van der Waals surface area contributed by atoms with E-state index >= 15 is 0 Å². The molecule has 0 aromatic carbocycles. The molecular formula is C11H16N2O2. The van der Waals surface area contributed by atoms with E-state index in [1.165, 1.54) is 0 Å². The lowest BCUT2D eigenvalue weighted by atomic mass is 10.4. The Morgan fingerprint density at radius 1 is 1.53 bits per heavy atom. The summed E-state index contributed by atoms with van der Waals surface area (Å²) in [6.07, 6.45) is 3.37. The van der Waals surface area contributed by atoms with Gasteiger partial charge in [0.15, 0.2) is 0 Å². The highest BCUT2D eigenvalue weighted by molar-refractivity contribution is 5.75. The zero-order valence-corrected chi connectivity index (χ0v) is 9.14. The molecule has 0 unspecified atom stereocenters. The number of hydrazone groups is 1. The molecule has 0 radical (unpaired) electrons. The van der Waals surface area contributed by atoms with Gasteiger partial charge in [-0.25, -0.2) is 0 Å². The van der Waals surface area contributed by atoms with Gasteiger partial charge in [0, 0.05) is 14.1 Å². The first-order valence-corrected chi connectivity index (χ1v) is 4.71. The second-order valence-corrected chi connectivity index (χ2v) is 3.20. The molecule has 4 nitrogen and oxygen atoms in total. The van der Waals surface area contributed by atoms with E-state index in [2.05, 4.69) is 11.7 Å². The lowest BCUT2D eigenvalue weighted by Gasteiger charge is -2.00. The Balaban J connectivity index is 2.45. The Labute approximate surface area is 89.8 Å².